The largest absolute Gasteiger partial charge is 0.381 e. The van der Waals surface area contributed by atoms with Crippen molar-refractivity contribution in [2.75, 3.05) is 40.0 Å². The van der Waals surface area contributed by atoms with Gasteiger partial charge in [0.15, 0.2) is 0 Å². The Kier molecular flexibility index (Phi) is 6.77. The molecule has 1 heterocycles. The van der Waals surface area contributed by atoms with Crippen molar-refractivity contribution in [2.45, 2.75) is 45.1 Å². The minimum absolute atomic E-state index is 0.0119. The zero-order valence-corrected chi connectivity index (χ0v) is 13.5. The van der Waals surface area contributed by atoms with E-state index >= 15 is 0 Å². The second-order valence-corrected chi connectivity index (χ2v) is 6.51. The van der Waals surface area contributed by atoms with E-state index in [4.69, 9.17) is 9.47 Å². The molecular weight excluding hydrogens is 268 g/mol. The van der Waals surface area contributed by atoms with Crippen molar-refractivity contribution in [2.24, 2.45) is 11.8 Å². The Morgan fingerprint density at radius 3 is 2.86 bits per heavy atom. The highest BCUT2D eigenvalue weighted by Gasteiger charge is 2.22. The van der Waals surface area contributed by atoms with Crippen molar-refractivity contribution >= 4 is 6.03 Å². The number of nitrogens with one attached hydrogen (secondary N) is 1. The fourth-order valence-corrected chi connectivity index (χ4v) is 3.23. The molecule has 1 aliphatic heterocycles. The third-order valence-electron chi connectivity index (χ3n) is 4.65. The highest BCUT2D eigenvalue weighted by Crippen LogP contribution is 2.25. The minimum Gasteiger partial charge on any atom is -0.381 e. The fraction of sp³-hybridized carbons (Fsp3) is 0.938. The SMILES string of the molecule is CC1CCCCC1OCCNC(=O)N(C)CC1CCOC1. The van der Waals surface area contributed by atoms with Gasteiger partial charge >= 0.3 is 6.03 Å². The third-order valence-corrected chi connectivity index (χ3v) is 4.65. The van der Waals surface area contributed by atoms with Crippen LogP contribution in [0.2, 0.25) is 0 Å². The van der Waals surface area contributed by atoms with Crippen LogP contribution in [0.1, 0.15) is 39.0 Å². The van der Waals surface area contributed by atoms with Crippen LogP contribution in [0.15, 0.2) is 0 Å². The van der Waals surface area contributed by atoms with E-state index in [-0.39, 0.29) is 6.03 Å². The van der Waals surface area contributed by atoms with Gasteiger partial charge in [-0.25, -0.2) is 4.79 Å². The molecule has 3 atom stereocenters. The minimum atomic E-state index is -0.0119. The Bertz CT molecular complexity index is 319. The lowest BCUT2D eigenvalue weighted by Crippen LogP contribution is -2.41. The molecule has 1 saturated carbocycles. The average molecular weight is 298 g/mol. The number of nitrogens with zero attached hydrogens (tertiary/aromatic N) is 1. The number of carbonyl (C=O) groups excluding carboxylic acids is 1. The lowest BCUT2D eigenvalue weighted by atomic mass is 9.88. The van der Waals surface area contributed by atoms with Crippen LogP contribution in [-0.2, 0) is 9.47 Å². The topological polar surface area (TPSA) is 50.8 Å². The van der Waals surface area contributed by atoms with Crippen LogP contribution in [0.3, 0.4) is 0 Å². The summed E-state index contributed by atoms with van der Waals surface area (Å²) in [5.74, 6) is 1.14. The maximum atomic E-state index is 12.0. The zero-order valence-electron chi connectivity index (χ0n) is 13.5. The van der Waals surface area contributed by atoms with Gasteiger partial charge in [0.25, 0.3) is 0 Å². The molecule has 0 aromatic heterocycles. The van der Waals surface area contributed by atoms with Gasteiger partial charge in [0.1, 0.15) is 0 Å². The summed E-state index contributed by atoms with van der Waals surface area (Å²) in [4.78, 5) is 13.7. The molecule has 3 unspecified atom stereocenters. The lowest BCUT2D eigenvalue weighted by molar-refractivity contribution is -0.00268. The van der Waals surface area contributed by atoms with Crippen molar-refractivity contribution in [1.82, 2.24) is 10.2 Å². The molecule has 2 rings (SSSR count). The smallest absolute Gasteiger partial charge is 0.317 e. The highest BCUT2D eigenvalue weighted by molar-refractivity contribution is 5.73. The quantitative estimate of drug-likeness (QED) is 0.765. The molecular formula is C16H30N2O3. The first-order chi connectivity index (χ1) is 10.2. The van der Waals surface area contributed by atoms with Crippen molar-refractivity contribution in [3.63, 3.8) is 0 Å². The van der Waals surface area contributed by atoms with E-state index < -0.39 is 0 Å². The maximum absolute atomic E-state index is 12.0. The van der Waals surface area contributed by atoms with E-state index in [9.17, 15) is 4.79 Å². The Morgan fingerprint density at radius 2 is 2.14 bits per heavy atom. The summed E-state index contributed by atoms with van der Waals surface area (Å²) in [6.07, 6.45) is 6.46. The molecule has 1 saturated heterocycles. The molecule has 5 heteroatoms. The van der Waals surface area contributed by atoms with Gasteiger partial charge in [0, 0.05) is 32.7 Å². The first kappa shape index (κ1) is 16.6. The molecule has 122 valence electrons. The van der Waals surface area contributed by atoms with E-state index in [1.807, 2.05) is 7.05 Å². The van der Waals surface area contributed by atoms with Crippen molar-refractivity contribution in [1.29, 1.82) is 0 Å². The molecule has 0 bridgehead atoms. The van der Waals surface area contributed by atoms with Crippen LogP contribution in [0, 0.1) is 11.8 Å². The number of rotatable bonds is 6. The summed E-state index contributed by atoms with van der Waals surface area (Å²) in [6.45, 7) is 5.84. The summed E-state index contributed by atoms with van der Waals surface area (Å²) < 4.78 is 11.2. The monoisotopic (exact) mass is 298 g/mol. The van der Waals surface area contributed by atoms with Crippen LogP contribution >= 0.6 is 0 Å². The van der Waals surface area contributed by atoms with Gasteiger partial charge in [-0.3, -0.25) is 0 Å². The summed E-state index contributed by atoms with van der Waals surface area (Å²) in [5, 5.41) is 2.93. The van der Waals surface area contributed by atoms with Crippen molar-refractivity contribution in [3.05, 3.63) is 0 Å². The van der Waals surface area contributed by atoms with Gasteiger partial charge in [-0.1, -0.05) is 19.8 Å². The molecule has 2 aliphatic rings. The van der Waals surface area contributed by atoms with Crippen molar-refractivity contribution < 1.29 is 14.3 Å². The second kappa shape index (κ2) is 8.59. The van der Waals surface area contributed by atoms with Crippen LogP contribution in [0.5, 0.6) is 0 Å². The first-order valence-electron chi connectivity index (χ1n) is 8.35. The summed E-state index contributed by atoms with van der Waals surface area (Å²) in [6, 6.07) is -0.0119. The standard InChI is InChI=1S/C16H30N2O3/c1-13-5-3-4-6-15(13)21-10-8-17-16(19)18(2)11-14-7-9-20-12-14/h13-15H,3-12H2,1-2H3,(H,17,19). The first-order valence-corrected chi connectivity index (χ1v) is 8.35. The predicted octanol–water partition coefficient (Wildman–Crippen LogP) is 2.26. The Balaban J connectivity index is 1.55. The molecule has 5 nitrogen and oxygen atoms in total. The summed E-state index contributed by atoms with van der Waals surface area (Å²) >= 11 is 0. The molecule has 21 heavy (non-hydrogen) atoms. The van der Waals surface area contributed by atoms with Gasteiger partial charge in [-0.2, -0.15) is 0 Å². The molecule has 1 aliphatic carbocycles. The molecule has 0 spiro atoms. The number of hydrogen-bond acceptors (Lipinski definition) is 3. The number of carbonyl (C=O) groups is 1. The van der Waals surface area contributed by atoms with Crippen LogP contribution in [-0.4, -0.2) is 57.0 Å². The van der Waals surface area contributed by atoms with E-state index in [0.29, 0.717) is 31.1 Å². The van der Waals surface area contributed by atoms with E-state index in [2.05, 4.69) is 12.2 Å². The average Bonchev–Trinajstić information content (AvgIpc) is 2.98. The molecule has 0 aromatic rings. The van der Waals surface area contributed by atoms with Gasteiger partial charge in [-0.05, 0) is 25.2 Å². The normalized spacial score (nSPS) is 29.3. The van der Waals surface area contributed by atoms with Gasteiger partial charge in [0.2, 0.25) is 0 Å². The lowest BCUT2D eigenvalue weighted by Gasteiger charge is -2.29. The highest BCUT2D eigenvalue weighted by atomic mass is 16.5. The molecule has 0 radical (unpaired) electrons. The van der Waals surface area contributed by atoms with Crippen molar-refractivity contribution in [3.8, 4) is 0 Å². The zero-order chi connectivity index (χ0) is 15.1. The van der Waals surface area contributed by atoms with E-state index in [1.165, 1.54) is 19.3 Å². The van der Waals surface area contributed by atoms with Crippen LogP contribution < -0.4 is 5.32 Å². The Labute approximate surface area is 128 Å². The Hall–Kier alpha value is -0.810. The number of amides is 2. The van der Waals surface area contributed by atoms with Gasteiger partial charge < -0.3 is 19.7 Å². The van der Waals surface area contributed by atoms with Crippen LogP contribution in [0.4, 0.5) is 4.79 Å². The molecule has 1 N–H and O–H groups in total. The van der Waals surface area contributed by atoms with E-state index in [1.54, 1.807) is 4.90 Å². The molecule has 0 aromatic carbocycles. The van der Waals surface area contributed by atoms with Crippen LogP contribution in [0.25, 0.3) is 0 Å². The molecule has 2 fully saturated rings. The predicted molar refractivity (Wildman–Crippen MR) is 82.3 cm³/mol. The summed E-state index contributed by atoms with van der Waals surface area (Å²) in [5.41, 5.74) is 0. The van der Waals surface area contributed by atoms with Gasteiger partial charge in [-0.15, -0.1) is 0 Å². The number of hydrogen-bond donors (Lipinski definition) is 1. The van der Waals surface area contributed by atoms with Gasteiger partial charge in [0.05, 0.1) is 19.3 Å². The second-order valence-electron chi connectivity index (χ2n) is 6.51. The fourth-order valence-electron chi connectivity index (χ4n) is 3.23. The number of ether oxygens (including phenoxy) is 2. The molecule has 2 amide bonds. The number of urea groups is 1. The van der Waals surface area contributed by atoms with E-state index in [0.717, 1.165) is 32.6 Å². The maximum Gasteiger partial charge on any atom is 0.317 e. The Morgan fingerprint density at radius 1 is 1.33 bits per heavy atom. The summed E-state index contributed by atoms with van der Waals surface area (Å²) in [7, 11) is 1.84. The third kappa shape index (κ3) is 5.47.